The molecular weight excluding hydrogens is 310 g/mol. The van der Waals surface area contributed by atoms with Crippen LogP contribution in [0.25, 0.3) is 11.0 Å². The van der Waals surface area contributed by atoms with E-state index >= 15 is 0 Å². The van der Waals surface area contributed by atoms with Gasteiger partial charge in [-0.05, 0) is 30.3 Å². The number of halogens is 1. The summed E-state index contributed by atoms with van der Waals surface area (Å²) in [5.41, 5.74) is 2.32. The number of amides is 1. The number of para-hydroxylation sites is 2. The molecule has 0 unspecified atom stereocenters. The largest absolute Gasteiger partial charge is 0.345 e. The van der Waals surface area contributed by atoms with Gasteiger partial charge in [0.05, 0.1) is 24.1 Å². The van der Waals surface area contributed by atoms with Crippen LogP contribution in [-0.4, -0.2) is 15.5 Å². The second kappa shape index (κ2) is 6.55. The quantitative estimate of drug-likeness (QED) is 0.749. The third-order valence-corrected chi connectivity index (χ3v) is 3.71. The molecular formula is C18H14ClN3O. The van der Waals surface area contributed by atoms with Gasteiger partial charge in [0.25, 0.3) is 5.91 Å². The lowest BCUT2D eigenvalue weighted by Gasteiger charge is -2.07. The van der Waals surface area contributed by atoms with Gasteiger partial charge in [-0.3, -0.25) is 4.79 Å². The number of carbonyl (C=O) groups excluding carboxylic acids is 1. The van der Waals surface area contributed by atoms with Crippen molar-refractivity contribution in [2.45, 2.75) is 13.1 Å². The monoisotopic (exact) mass is 323 g/mol. The van der Waals surface area contributed by atoms with Crippen LogP contribution in [-0.2, 0) is 13.1 Å². The number of nitrogens with zero attached hydrogens (tertiary/aromatic N) is 2. The molecule has 1 aromatic heterocycles. The van der Waals surface area contributed by atoms with Gasteiger partial charge in [0.15, 0.2) is 0 Å². The Kier molecular flexibility index (Phi) is 4.31. The summed E-state index contributed by atoms with van der Waals surface area (Å²) < 4.78 is 1.92. The number of fused-ring (bicyclic) bond motifs is 1. The lowest BCUT2D eigenvalue weighted by Crippen LogP contribution is -2.24. The molecule has 3 aromatic rings. The highest BCUT2D eigenvalue weighted by Gasteiger charge is 2.11. The molecule has 23 heavy (non-hydrogen) atoms. The van der Waals surface area contributed by atoms with Gasteiger partial charge in [-0.1, -0.05) is 35.7 Å². The Bertz CT molecular complexity index is 908. The predicted octanol–water partition coefficient (Wildman–Crippen LogP) is 3.25. The van der Waals surface area contributed by atoms with Crippen molar-refractivity contribution in [3.05, 3.63) is 64.9 Å². The summed E-state index contributed by atoms with van der Waals surface area (Å²) in [5.74, 6) is 3.14. The molecule has 1 N–H and O–H groups in total. The summed E-state index contributed by atoms with van der Waals surface area (Å²) in [5, 5.41) is 3.38. The third-order valence-electron chi connectivity index (χ3n) is 3.48. The van der Waals surface area contributed by atoms with Crippen LogP contribution in [0.15, 0.2) is 48.5 Å². The summed E-state index contributed by atoms with van der Waals surface area (Å²) >= 11 is 5.91. The highest BCUT2D eigenvalue weighted by molar-refractivity contribution is 6.30. The minimum Gasteiger partial charge on any atom is -0.345 e. The standard InChI is InChI=1S/C18H14ClN3O/c1-2-10-22-16-9-4-3-8-15(16)21-17(22)12-20-18(23)13-6-5-7-14(19)11-13/h1,3-9,11H,10,12H2,(H,20,23). The molecule has 0 aliphatic heterocycles. The molecule has 0 saturated heterocycles. The molecule has 0 aliphatic rings. The van der Waals surface area contributed by atoms with Crippen molar-refractivity contribution in [3.63, 3.8) is 0 Å². The van der Waals surface area contributed by atoms with Gasteiger partial charge in [-0.25, -0.2) is 4.98 Å². The van der Waals surface area contributed by atoms with Crippen molar-refractivity contribution in [3.8, 4) is 12.3 Å². The molecule has 0 spiro atoms. The summed E-state index contributed by atoms with van der Waals surface area (Å²) in [6.07, 6.45) is 5.44. The van der Waals surface area contributed by atoms with Crippen molar-refractivity contribution in [1.82, 2.24) is 14.9 Å². The zero-order valence-corrected chi connectivity index (χ0v) is 13.0. The normalized spacial score (nSPS) is 10.4. The van der Waals surface area contributed by atoms with E-state index < -0.39 is 0 Å². The van der Waals surface area contributed by atoms with E-state index in [0.29, 0.717) is 23.7 Å². The molecule has 2 aromatic carbocycles. The Balaban J connectivity index is 1.83. The van der Waals surface area contributed by atoms with Gasteiger partial charge in [0.1, 0.15) is 5.82 Å². The summed E-state index contributed by atoms with van der Waals surface area (Å²) in [7, 11) is 0. The second-order valence-corrected chi connectivity index (χ2v) is 5.44. The number of benzene rings is 2. The summed E-state index contributed by atoms with van der Waals surface area (Å²) in [6, 6.07) is 14.5. The minimum absolute atomic E-state index is 0.202. The lowest BCUT2D eigenvalue weighted by molar-refractivity contribution is 0.0949. The third kappa shape index (κ3) is 3.20. The molecule has 5 heteroatoms. The maximum Gasteiger partial charge on any atom is 0.251 e. The molecule has 0 atom stereocenters. The van der Waals surface area contributed by atoms with Gasteiger partial charge in [0.2, 0.25) is 0 Å². The average Bonchev–Trinajstić information content (AvgIpc) is 2.91. The summed E-state index contributed by atoms with van der Waals surface area (Å²) in [6.45, 7) is 0.699. The molecule has 0 aliphatic carbocycles. The smallest absolute Gasteiger partial charge is 0.251 e. The van der Waals surface area contributed by atoms with Crippen LogP contribution in [0.4, 0.5) is 0 Å². The minimum atomic E-state index is -0.202. The fourth-order valence-corrected chi connectivity index (χ4v) is 2.61. The molecule has 0 radical (unpaired) electrons. The number of aromatic nitrogens is 2. The highest BCUT2D eigenvalue weighted by atomic mass is 35.5. The number of nitrogens with one attached hydrogen (secondary N) is 1. The molecule has 0 saturated carbocycles. The zero-order chi connectivity index (χ0) is 16.2. The number of rotatable bonds is 4. The average molecular weight is 324 g/mol. The van der Waals surface area contributed by atoms with Crippen LogP contribution in [0.1, 0.15) is 16.2 Å². The van der Waals surface area contributed by atoms with E-state index in [1.165, 1.54) is 0 Å². The zero-order valence-electron chi connectivity index (χ0n) is 12.3. The number of terminal acetylenes is 1. The van der Waals surface area contributed by atoms with Crippen molar-refractivity contribution in [2.24, 2.45) is 0 Å². The fourth-order valence-electron chi connectivity index (χ4n) is 2.42. The van der Waals surface area contributed by atoms with E-state index in [-0.39, 0.29) is 5.91 Å². The van der Waals surface area contributed by atoms with Gasteiger partial charge >= 0.3 is 0 Å². The maximum atomic E-state index is 12.2. The molecule has 1 amide bonds. The van der Waals surface area contributed by atoms with Crippen molar-refractivity contribution in [1.29, 1.82) is 0 Å². The van der Waals surface area contributed by atoms with Crippen molar-refractivity contribution >= 4 is 28.5 Å². The van der Waals surface area contributed by atoms with Gasteiger partial charge in [-0.2, -0.15) is 0 Å². The van der Waals surface area contributed by atoms with Crippen LogP contribution >= 0.6 is 11.6 Å². The van der Waals surface area contributed by atoms with Gasteiger partial charge < -0.3 is 9.88 Å². The SMILES string of the molecule is C#CCn1c(CNC(=O)c2cccc(Cl)c2)nc2ccccc21. The van der Waals surface area contributed by atoms with Gasteiger partial charge in [-0.15, -0.1) is 6.42 Å². The first-order chi connectivity index (χ1) is 11.2. The Labute approximate surface area is 139 Å². The number of imidazole rings is 1. The van der Waals surface area contributed by atoms with E-state index in [0.717, 1.165) is 16.9 Å². The fraction of sp³-hybridized carbons (Fsp3) is 0.111. The number of hydrogen-bond donors (Lipinski definition) is 1. The topological polar surface area (TPSA) is 46.9 Å². The van der Waals surface area contributed by atoms with E-state index in [9.17, 15) is 4.79 Å². The molecule has 0 bridgehead atoms. The maximum absolute atomic E-state index is 12.2. The molecule has 4 nitrogen and oxygen atoms in total. The van der Waals surface area contributed by atoms with Crippen LogP contribution in [0.2, 0.25) is 5.02 Å². The van der Waals surface area contributed by atoms with E-state index in [2.05, 4.69) is 16.2 Å². The Morgan fingerprint density at radius 2 is 2.09 bits per heavy atom. The van der Waals surface area contributed by atoms with Crippen LogP contribution < -0.4 is 5.32 Å². The van der Waals surface area contributed by atoms with Crippen molar-refractivity contribution in [2.75, 3.05) is 0 Å². The first-order valence-corrected chi connectivity index (χ1v) is 7.48. The highest BCUT2D eigenvalue weighted by Crippen LogP contribution is 2.16. The predicted molar refractivity (Wildman–Crippen MR) is 91.2 cm³/mol. The molecule has 3 rings (SSSR count). The number of hydrogen-bond acceptors (Lipinski definition) is 2. The van der Waals surface area contributed by atoms with Crippen LogP contribution in [0.5, 0.6) is 0 Å². The Morgan fingerprint density at radius 3 is 2.87 bits per heavy atom. The van der Waals surface area contributed by atoms with E-state index in [4.69, 9.17) is 18.0 Å². The van der Waals surface area contributed by atoms with Crippen molar-refractivity contribution < 1.29 is 4.79 Å². The first-order valence-electron chi connectivity index (χ1n) is 7.10. The molecule has 114 valence electrons. The van der Waals surface area contributed by atoms with Gasteiger partial charge in [0, 0.05) is 10.6 Å². The van der Waals surface area contributed by atoms with E-state index in [1.807, 2.05) is 28.8 Å². The number of carbonyl (C=O) groups is 1. The summed E-state index contributed by atoms with van der Waals surface area (Å²) in [4.78, 5) is 16.7. The van der Waals surface area contributed by atoms with Crippen LogP contribution in [0, 0.1) is 12.3 Å². The molecule has 0 fully saturated rings. The Morgan fingerprint density at radius 1 is 1.26 bits per heavy atom. The second-order valence-electron chi connectivity index (χ2n) is 5.00. The Hall–Kier alpha value is -2.77. The first kappa shape index (κ1) is 15.1. The molecule has 1 heterocycles. The van der Waals surface area contributed by atoms with Crippen LogP contribution in [0.3, 0.4) is 0 Å². The van der Waals surface area contributed by atoms with E-state index in [1.54, 1.807) is 24.3 Å². The lowest BCUT2D eigenvalue weighted by atomic mass is 10.2.